The van der Waals surface area contributed by atoms with Crippen LogP contribution in [0, 0.1) is 11.8 Å². The molecular formula is C25H31N5O3. The van der Waals surface area contributed by atoms with Crippen LogP contribution in [0.15, 0.2) is 47.2 Å². The van der Waals surface area contributed by atoms with Gasteiger partial charge in [-0.3, -0.25) is 4.90 Å². The van der Waals surface area contributed by atoms with Gasteiger partial charge in [-0.15, -0.1) is 0 Å². The van der Waals surface area contributed by atoms with E-state index < -0.39 is 6.10 Å². The number of aromatic nitrogens is 3. The van der Waals surface area contributed by atoms with Crippen molar-refractivity contribution in [2.24, 2.45) is 0 Å². The molecule has 1 aliphatic rings. The second kappa shape index (κ2) is 10.2. The maximum atomic E-state index is 9.78. The molecule has 0 aliphatic carbocycles. The predicted molar refractivity (Wildman–Crippen MR) is 126 cm³/mol. The van der Waals surface area contributed by atoms with Crippen LogP contribution in [0.3, 0.4) is 0 Å². The molecule has 1 aliphatic heterocycles. The van der Waals surface area contributed by atoms with E-state index in [2.05, 4.69) is 50.8 Å². The van der Waals surface area contributed by atoms with E-state index in [1.807, 2.05) is 23.6 Å². The molecule has 3 atom stereocenters. The van der Waals surface area contributed by atoms with Crippen molar-refractivity contribution in [3.05, 3.63) is 65.6 Å². The average molecular weight is 450 g/mol. The summed E-state index contributed by atoms with van der Waals surface area (Å²) in [4.78, 5) is 8.88. The maximum Gasteiger partial charge on any atom is 0.210 e. The van der Waals surface area contributed by atoms with Gasteiger partial charge in [-0.2, -0.15) is 0 Å². The summed E-state index contributed by atoms with van der Waals surface area (Å²) in [5.74, 6) is 7.25. The zero-order chi connectivity index (χ0) is 23.4. The molecule has 0 saturated carbocycles. The molecule has 33 heavy (non-hydrogen) atoms. The number of aliphatic hydroxyl groups excluding tert-OH is 2. The zero-order valence-electron chi connectivity index (χ0n) is 19.3. The van der Waals surface area contributed by atoms with Crippen molar-refractivity contribution in [1.29, 1.82) is 0 Å². The normalized spacial score (nSPS) is 18.6. The molecule has 8 nitrogen and oxygen atoms in total. The second-order valence-electron chi connectivity index (χ2n) is 8.71. The third kappa shape index (κ3) is 5.82. The SMILES string of the molecule is CC(O)CN1CCN(c2ccc(C#Cc3cc(Cn4ccnc4[C@H](C)O)no3)cc2)C[C@@H]1C. The molecule has 3 heterocycles. The number of hydrogen-bond acceptors (Lipinski definition) is 7. The molecule has 0 amide bonds. The first-order valence-electron chi connectivity index (χ1n) is 11.3. The smallest absolute Gasteiger partial charge is 0.210 e. The minimum Gasteiger partial charge on any atom is -0.392 e. The number of piperazine rings is 1. The van der Waals surface area contributed by atoms with Crippen LogP contribution in [-0.4, -0.2) is 68.1 Å². The van der Waals surface area contributed by atoms with E-state index in [0.717, 1.165) is 37.4 Å². The number of nitrogens with zero attached hydrogens (tertiary/aromatic N) is 5. The number of benzene rings is 1. The lowest BCUT2D eigenvalue weighted by Gasteiger charge is -2.41. The van der Waals surface area contributed by atoms with Crippen molar-refractivity contribution >= 4 is 5.69 Å². The third-order valence-electron chi connectivity index (χ3n) is 5.84. The van der Waals surface area contributed by atoms with Crippen molar-refractivity contribution in [3.63, 3.8) is 0 Å². The summed E-state index contributed by atoms with van der Waals surface area (Å²) >= 11 is 0. The summed E-state index contributed by atoms with van der Waals surface area (Å²) in [6.45, 7) is 9.73. The fourth-order valence-electron chi connectivity index (χ4n) is 4.17. The summed E-state index contributed by atoms with van der Waals surface area (Å²) in [7, 11) is 0. The molecule has 2 aromatic heterocycles. The number of β-amino-alcohol motifs (C(OH)–C–C–N with tert-alkyl or cyclic N) is 1. The Labute approximate surface area is 194 Å². The van der Waals surface area contributed by atoms with Crippen LogP contribution in [0.25, 0.3) is 0 Å². The molecule has 3 aromatic rings. The quantitative estimate of drug-likeness (QED) is 0.558. The van der Waals surface area contributed by atoms with Crippen molar-refractivity contribution in [1.82, 2.24) is 19.6 Å². The Balaban J connectivity index is 1.36. The Morgan fingerprint density at radius 1 is 1.15 bits per heavy atom. The maximum absolute atomic E-state index is 9.78. The molecule has 1 saturated heterocycles. The summed E-state index contributed by atoms with van der Waals surface area (Å²) in [6.07, 6.45) is 2.51. The van der Waals surface area contributed by atoms with Gasteiger partial charge >= 0.3 is 0 Å². The Morgan fingerprint density at radius 2 is 1.94 bits per heavy atom. The highest BCUT2D eigenvalue weighted by molar-refractivity contribution is 5.51. The lowest BCUT2D eigenvalue weighted by atomic mass is 10.1. The van der Waals surface area contributed by atoms with Gasteiger partial charge in [0.05, 0.1) is 12.6 Å². The van der Waals surface area contributed by atoms with Gasteiger partial charge in [0.1, 0.15) is 17.6 Å². The average Bonchev–Trinajstić information content (AvgIpc) is 3.44. The van der Waals surface area contributed by atoms with Gasteiger partial charge < -0.3 is 24.2 Å². The van der Waals surface area contributed by atoms with Crippen LogP contribution in [0.5, 0.6) is 0 Å². The topological polar surface area (TPSA) is 90.8 Å². The number of hydrogen-bond donors (Lipinski definition) is 2. The first kappa shape index (κ1) is 23.1. The van der Waals surface area contributed by atoms with Gasteiger partial charge in [0, 0.05) is 61.9 Å². The molecule has 174 valence electrons. The molecule has 0 radical (unpaired) electrons. The fourth-order valence-corrected chi connectivity index (χ4v) is 4.17. The minimum absolute atomic E-state index is 0.301. The Morgan fingerprint density at radius 3 is 2.64 bits per heavy atom. The van der Waals surface area contributed by atoms with Gasteiger partial charge in [-0.05, 0) is 51.0 Å². The molecule has 1 fully saturated rings. The Bertz CT molecular complexity index is 1110. The molecule has 1 aromatic carbocycles. The summed E-state index contributed by atoms with van der Waals surface area (Å²) in [5, 5.41) is 23.5. The van der Waals surface area contributed by atoms with E-state index >= 15 is 0 Å². The first-order valence-corrected chi connectivity index (χ1v) is 11.3. The van der Waals surface area contributed by atoms with Crippen LogP contribution >= 0.6 is 0 Å². The lowest BCUT2D eigenvalue weighted by molar-refractivity contribution is 0.0960. The van der Waals surface area contributed by atoms with Crippen molar-refractivity contribution in [2.45, 2.75) is 45.6 Å². The van der Waals surface area contributed by atoms with E-state index in [4.69, 9.17) is 4.52 Å². The number of rotatable bonds is 6. The Hall–Kier alpha value is -3.12. The van der Waals surface area contributed by atoms with Crippen molar-refractivity contribution in [3.8, 4) is 11.8 Å². The fraction of sp³-hybridized carbons (Fsp3) is 0.440. The molecule has 0 spiro atoms. The first-order chi connectivity index (χ1) is 15.9. The van der Waals surface area contributed by atoms with Gasteiger partial charge in [0.25, 0.3) is 0 Å². The number of anilines is 1. The van der Waals surface area contributed by atoms with Crippen LogP contribution in [0.2, 0.25) is 0 Å². The standard InChI is InChI=1S/C25H31N5O3/c1-18-15-29(13-12-28(18)16-19(2)31)23-7-4-21(5-8-23)6-9-24-14-22(27-33-24)17-30-11-10-26-25(30)20(3)32/h4-5,7-8,10-11,14,18-20,31-32H,12-13,15-17H2,1-3H3/t18-,19?,20-/m0/s1. The number of imidazole rings is 1. The second-order valence-corrected chi connectivity index (χ2v) is 8.71. The van der Waals surface area contributed by atoms with Crippen molar-refractivity contribution < 1.29 is 14.7 Å². The molecule has 0 bridgehead atoms. The summed E-state index contributed by atoms with van der Waals surface area (Å²) < 4.78 is 7.19. The lowest BCUT2D eigenvalue weighted by Crippen LogP contribution is -2.53. The van der Waals surface area contributed by atoms with Gasteiger partial charge in [0.2, 0.25) is 5.76 Å². The van der Waals surface area contributed by atoms with E-state index in [-0.39, 0.29) is 6.10 Å². The molecule has 1 unspecified atom stereocenters. The van der Waals surface area contributed by atoms with Gasteiger partial charge in [-0.1, -0.05) is 11.1 Å². The zero-order valence-corrected chi connectivity index (χ0v) is 19.3. The highest BCUT2D eigenvalue weighted by Crippen LogP contribution is 2.20. The van der Waals surface area contributed by atoms with Crippen LogP contribution in [0.1, 0.15) is 49.7 Å². The van der Waals surface area contributed by atoms with Crippen molar-refractivity contribution in [2.75, 3.05) is 31.1 Å². The summed E-state index contributed by atoms with van der Waals surface area (Å²) in [5.41, 5.74) is 2.81. The van der Waals surface area contributed by atoms with Gasteiger partial charge in [-0.25, -0.2) is 4.98 Å². The van der Waals surface area contributed by atoms with E-state index in [0.29, 0.717) is 24.2 Å². The predicted octanol–water partition coefficient (Wildman–Crippen LogP) is 2.26. The van der Waals surface area contributed by atoms with E-state index in [1.165, 1.54) is 5.69 Å². The number of aliphatic hydroxyl groups is 2. The van der Waals surface area contributed by atoms with Crippen LogP contribution in [-0.2, 0) is 6.54 Å². The Kier molecular flexibility index (Phi) is 7.14. The van der Waals surface area contributed by atoms with E-state index in [9.17, 15) is 10.2 Å². The largest absolute Gasteiger partial charge is 0.392 e. The minimum atomic E-state index is -0.648. The van der Waals surface area contributed by atoms with Crippen LogP contribution < -0.4 is 4.90 Å². The summed E-state index contributed by atoms with van der Waals surface area (Å²) in [6, 6.07) is 10.4. The van der Waals surface area contributed by atoms with Crippen LogP contribution in [0.4, 0.5) is 5.69 Å². The highest BCUT2D eigenvalue weighted by atomic mass is 16.5. The molecule has 8 heteroatoms. The van der Waals surface area contributed by atoms with Gasteiger partial charge in [0.15, 0.2) is 0 Å². The molecular weight excluding hydrogens is 418 g/mol. The van der Waals surface area contributed by atoms with E-state index in [1.54, 1.807) is 25.4 Å². The molecule has 4 rings (SSSR count). The monoisotopic (exact) mass is 449 g/mol. The molecule has 2 N–H and O–H groups in total. The highest BCUT2D eigenvalue weighted by Gasteiger charge is 2.24. The third-order valence-corrected chi connectivity index (χ3v) is 5.84.